The first kappa shape index (κ1) is 88.5. The summed E-state index contributed by atoms with van der Waals surface area (Å²) >= 11 is 19.1. The van der Waals surface area contributed by atoms with Gasteiger partial charge >= 0.3 is 0 Å². The van der Waals surface area contributed by atoms with Gasteiger partial charge in [-0.25, -0.2) is 25.3 Å². The van der Waals surface area contributed by atoms with Gasteiger partial charge in [0.15, 0.2) is 0 Å². The van der Waals surface area contributed by atoms with E-state index in [-0.39, 0.29) is 60.8 Å². The highest BCUT2D eigenvalue weighted by Gasteiger charge is 2.48. The third-order valence-electron chi connectivity index (χ3n) is 22.4. The number of piperidine rings is 2. The quantitative estimate of drug-likeness (QED) is 0.0745. The number of sulfonamides is 3. The monoisotopic (exact) mass is 1760 g/mol. The van der Waals surface area contributed by atoms with Crippen molar-refractivity contribution in [2.75, 3.05) is 66.3 Å². The van der Waals surface area contributed by atoms with E-state index >= 15 is 0 Å². The number of halogens is 4. The van der Waals surface area contributed by atoms with Crippen molar-refractivity contribution in [3.05, 3.63) is 336 Å². The second kappa shape index (κ2) is 39.3. The van der Waals surface area contributed by atoms with Crippen LogP contribution in [0.15, 0.2) is 280 Å². The summed E-state index contributed by atoms with van der Waals surface area (Å²) in [4.78, 5) is 8.23. The zero-order chi connectivity index (χ0) is 84.3. The average Bonchev–Trinajstić information content (AvgIpc) is 0.758. The topological polar surface area (TPSA) is 215 Å². The lowest BCUT2D eigenvalue weighted by atomic mass is 9.82. The number of nitrogens with one attached hydrogen (secondary N) is 1. The highest BCUT2D eigenvalue weighted by molar-refractivity contribution is 8.11. The van der Waals surface area contributed by atoms with E-state index in [1.165, 1.54) is 15.4 Å². The Kier molecular flexibility index (Phi) is 29.2. The molecule has 1 N–H and O–H groups in total. The maximum atomic E-state index is 14.1. The van der Waals surface area contributed by atoms with E-state index in [1.807, 2.05) is 205 Å². The maximum Gasteiger partial charge on any atom is 0.299 e. The molecule has 27 heteroatoms. The number of morpholine rings is 1. The number of likely N-dealkylation sites (N-methyl/N-ethyl adjacent to an activating group) is 1. The lowest BCUT2D eigenvalue weighted by Crippen LogP contribution is -2.52. The van der Waals surface area contributed by atoms with Crippen LogP contribution in [0.2, 0.25) is 15.1 Å². The van der Waals surface area contributed by atoms with Crippen molar-refractivity contribution in [2.24, 2.45) is 0 Å². The molecule has 0 saturated carbocycles. The fourth-order valence-electron chi connectivity index (χ4n) is 16.3. The second-order valence-electron chi connectivity index (χ2n) is 30.1. The smallest absolute Gasteiger partial charge is 0.299 e. The van der Waals surface area contributed by atoms with Crippen LogP contribution >= 0.6 is 45.5 Å². The van der Waals surface area contributed by atoms with Crippen LogP contribution < -0.4 is 10.1 Å². The molecule has 6 aliphatic rings. The molecule has 7 heterocycles. The van der Waals surface area contributed by atoms with Crippen LogP contribution in [0.1, 0.15) is 132 Å². The van der Waals surface area contributed by atoms with Gasteiger partial charge in [-0.15, -0.1) is 0 Å². The lowest BCUT2D eigenvalue weighted by Gasteiger charge is -2.49. The van der Waals surface area contributed by atoms with E-state index in [0.29, 0.717) is 109 Å². The molecule has 3 unspecified atom stereocenters. The summed E-state index contributed by atoms with van der Waals surface area (Å²) in [6.45, 7) is 15.6. The van der Waals surface area contributed by atoms with Gasteiger partial charge in [-0.2, -0.15) is 25.6 Å². The number of pyridine rings is 1. The molecule has 626 valence electrons. The summed E-state index contributed by atoms with van der Waals surface area (Å²) in [6.07, 6.45) is 2.99. The third kappa shape index (κ3) is 20.9. The van der Waals surface area contributed by atoms with Crippen molar-refractivity contribution in [1.29, 1.82) is 0 Å². The number of rotatable bonds is 19. The van der Waals surface area contributed by atoms with Gasteiger partial charge in [0.05, 0.1) is 88.8 Å². The molecule has 119 heavy (non-hydrogen) atoms. The number of ether oxygens (including phenoxy) is 4. The Labute approximate surface area is 720 Å². The normalized spacial score (nSPS) is 20.8. The van der Waals surface area contributed by atoms with Crippen molar-refractivity contribution in [2.45, 2.75) is 137 Å². The molecule has 16 rings (SSSR count). The SMILES string of the molecule is CCOC1=C2CN(S(=O)(=O)c3ccc(C)cc3)C(c3cccc(Cl)c3)C[C@@H]2N(C)[C@H](c2ccccc2)C1.CCOC1=C2CN(S(=O)(=O)c3ccc(C)cc3)C(c3cccc(Cl)c3)C[C@@H]2N[C@H](c2ccccc2)C1.CCOc1cc(-c2ccccc2)nc2c1CN(S(=O)(=O)c1ccc(C)cc1)C(c1cccc(Cl)c1)C2.O=S(=O)(Cl)N1CCOCC1. The van der Waals surface area contributed by atoms with Gasteiger partial charge < -0.3 is 24.3 Å². The first-order valence-corrected chi connectivity index (χ1v) is 47.6. The van der Waals surface area contributed by atoms with Crippen molar-refractivity contribution in [3.8, 4) is 17.0 Å². The summed E-state index contributed by atoms with van der Waals surface area (Å²) in [5, 5.41) is 5.55. The van der Waals surface area contributed by atoms with Crippen molar-refractivity contribution in [1.82, 2.24) is 32.4 Å². The molecule has 19 nitrogen and oxygen atoms in total. The van der Waals surface area contributed by atoms with Crippen LogP contribution in [0.25, 0.3) is 11.3 Å². The lowest BCUT2D eigenvalue weighted by molar-refractivity contribution is 0.0740. The Balaban J connectivity index is 0.000000146. The molecule has 6 aliphatic heterocycles. The Morgan fingerprint density at radius 2 is 0.849 bits per heavy atom. The van der Waals surface area contributed by atoms with Gasteiger partial charge in [-0.05, 0) is 173 Å². The average molecular weight is 1760 g/mol. The molecular weight excluding hydrogens is 1670 g/mol. The van der Waals surface area contributed by atoms with Gasteiger partial charge in [0.2, 0.25) is 30.1 Å². The van der Waals surface area contributed by atoms with E-state index in [0.717, 1.165) is 78.6 Å². The molecule has 10 aromatic rings. The predicted octanol–water partition coefficient (Wildman–Crippen LogP) is 19.1. The fourth-order valence-corrected chi connectivity index (χ4v) is 22.7. The Hall–Kier alpha value is -8.31. The van der Waals surface area contributed by atoms with Crippen molar-refractivity contribution in [3.63, 3.8) is 0 Å². The molecule has 3 saturated heterocycles. The summed E-state index contributed by atoms with van der Waals surface area (Å²) in [5.41, 5.74) is 13.6. The molecule has 9 aromatic carbocycles. The minimum Gasteiger partial charge on any atom is -0.498 e. The molecule has 7 atom stereocenters. The van der Waals surface area contributed by atoms with Crippen molar-refractivity contribution >= 4 is 84.8 Å². The van der Waals surface area contributed by atoms with Gasteiger partial charge in [0.1, 0.15) is 5.75 Å². The molecule has 0 spiro atoms. The number of hydrogen-bond acceptors (Lipinski definition) is 15. The van der Waals surface area contributed by atoms with Crippen LogP contribution in [-0.4, -0.2) is 139 Å². The van der Waals surface area contributed by atoms with Gasteiger partial charge in [0.25, 0.3) is 9.24 Å². The second-order valence-corrected chi connectivity index (χ2v) is 39.6. The fraction of sp³-hybridized carbons (Fsp3) is 0.315. The zero-order valence-corrected chi connectivity index (χ0v) is 73.8. The van der Waals surface area contributed by atoms with Crippen LogP contribution in [0.5, 0.6) is 5.75 Å². The Morgan fingerprint density at radius 1 is 0.429 bits per heavy atom. The molecule has 0 bridgehead atoms. The third-order valence-corrected chi connectivity index (χ3v) is 30.3. The van der Waals surface area contributed by atoms with Gasteiger partial charge in [-0.1, -0.05) is 215 Å². The number of hydrogen-bond donors (Lipinski definition) is 1. The summed E-state index contributed by atoms with van der Waals surface area (Å²) in [5.74, 6) is 2.46. The van der Waals surface area contributed by atoms with E-state index in [4.69, 9.17) is 69.4 Å². The minimum absolute atomic E-state index is 0.0149. The van der Waals surface area contributed by atoms with Crippen LogP contribution in [0.4, 0.5) is 0 Å². The standard InChI is InChI=1S/C30H33ClN2O3S.C29H31ClN2O3S.C29H27ClN2O3S.C4H8ClNO3S/c1-4-36-30-19-27(22-9-6-5-7-10-22)32(3)29-18-28(23-11-8-12-24(31)17-23)33(20-26(29)30)37(34,35)25-15-13-21(2)14-16-25;2*1-3-35-29-18-26(21-8-5-4-6-9-21)31-27-17-28(22-10-7-11-23(30)16-22)32(19-25(27)29)36(33,34)24-14-12-20(2)13-15-24;5-10(7,8)6-1-3-9-4-2-6/h5-17,27-29H,4,18-20H2,1-3H3;4-16,26-28,31H,3,17-19H2,1-2H3;4-16,18,28H,3,17,19H2,1-2H3;1-4H2/t27-,28?,29-;26-,27-,28?;;/m00../s1. The molecule has 0 radical (unpaired) electrons. The van der Waals surface area contributed by atoms with Gasteiger partial charge in [0, 0.05) is 119 Å². The van der Waals surface area contributed by atoms with Crippen LogP contribution in [-0.2, 0) is 66.5 Å². The Morgan fingerprint density at radius 3 is 1.30 bits per heavy atom. The van der Waals surface area contributed by atoms with Crippen LogP contribution in [0, 0.1) is 20.8 Å². The maximum absolute atomic E-state index is 14.1. The number of nitrogens with zero attached hydrogens (tertiary/aromatic N) is 6. The van der Waals surface area contributed by atoms with Crippen molar-refractivity contribution < 1.29 is 52.6 Å². The first-order valence-electron chi connectivity index (χ1n) is 39.9. The first-order chi connectivity index (χ1) is 57.1. The molecule has 1 aromatic heterocycles. The van der Waals surface area contributed by atoms with E-state index in [2.05, 4.69) is 53.7 Å². The minimum atomic E-state index is -3.82. The highest BCUT2D eigenvalue weighted by atomic mass is 35.7. The summed E-state index contributed by atoms with van der Waals surface area (Å²) in [6, 6.07) is 75.3. The number of benzene rings is 9. The molecule has 3 fully saturated rings. The molecule has 0 amide bonds. The summed E-state index contributed by atoms with van der Waals surface area (Å²) in [7, 11) is -7.67. The molecular formula is C92H99Cl4N7O12S4. The molecule has 0 aliphatic carbocycles. The van der Waals surface area contributed by atoms with E-state index in [1.54, 1.807) is 55.4 Å². The number of fused-ring (bicyclic) bond motifs is 3. The number of aromatic nitrogens is 1. The number of aryl methyl sites for hydroxylation is 3. The predicted molar refractivity (Wildman–Crippen MR) is 471 cm³/mol. The zero-order valence-electron chi connectivity index (χ0n) is 67.5. The summed E-state index contributed by atoms with van der Waals surface area (Å²) < 4.78 is 135. The Bertz CT molecular complexity index is 5730. The van der Waals surface area contributed by atoms with Crippen LogP contribution in [0.3, 0.4) is 0 Å². The highest BCUT2D eigenvalue weighted by Crippen LogP contribution is 2.49. The van der Waals surface area contributed by atoms with E-state index < -0.39 is 45.3 Å². The van der Waals surface area contributed by atoms with Gasteiger partial charge in [-0.3, -0.25) is 9.88 Å². The van der Waals surface area contributed by atoms with E-state index in [9.17, 15) is 33.7 Å². The largest absolute Gasteiger partial charge is 0.498 e.